The van der Waals surface area contributed by atoms with E-state index in [1.54, 1.807) is 13.0 Å². The fourth-order valence-corrected chi connectivity index (χ4v) is 4.60. The predicted octanol–water partition coefficient (Wildman–Crippen LogP) is 2.66. The van der Waals surface area contributed by atoms with Crippen molar-refractivity contribution in [3.8, 4) is 5.75 Å². The first kappa shape index (κ1) is 24.5. The van der Waals surface area contributed by atoms with Gasteiger partial charge in [0.15, 0.2) is 17.3 Å². The van der Waals surface area contributed by atoms with E-state index in [0.717, 1.165) is 18.2 Å². The topological polar surface area (TPSA) is 129 Å². The average Bonchev–Trinajstić information content (AvgIpc) is 3.29. The largest absolute Gasteiger partial charge is 0.573 e. The van der Waals surface area contributed by atoms with Crippen molar-refractivity contribution in [1.82, 2.24) is 25.4 Å². The Morgan fingerprint density at radius 2 is 2.03 bits per heavy atom. The van der Waals surface area contributed by atoms with E-state index in [2.05, 4.69) is 30.6 Å². The maximum absolute atomic E-state index is 14.5. The SMILES string of the molecule is Cc1cc2c(C(=O)NCC(=O)N3[C@@H]4C[C@@H]4C[C@H]3C(=O)Nc3cccc(OC(F)(F)F)c3F)n[nH]c2cn1. The number of nitrogens with one attached hydrogen (secondary N) is 3. The number of hydrogen-bond acceptors (Lipinski definition) is 6. The highest BCUT2D eigenvalue weighted by Gasteiger charge is 2.56. The molecule has 1 saturated heterocycles. The quantitative estimate of drug-likeness (QED) is 0.429. The molecular weight excluding hydrogens is 500 g/mol. The molecule has 0 bridgehead atoms. The van der Waals surface area contributed by atoms with Crippen molar-refractivity contribution in [3.05, 3.63) is 47.7 Å². The molecule has 1 aromatic carbocycles. The van der Waals surface area contributed by atoms with E-state index in [4.69, 9.17) is 0 Å². The summed E-state index contributed by atoms with van der Waals surface area (Å²) in [6, 6.07) is 3.47. The van der Waals surface area contributed by atoms with Crippen molar-refractivity contribution in [3.63, 3.8) is 0 Å². The summed E-state index contributed by atoms with van der Waals surface area (Å²) in [5.41, 5.74) is 0.806. The van der Waals surface area contributed by atoms with E-state index >= 15 is 0 Å². The van der Waals surface area contributed by atoms with Crippen LogP contribution in [0.5, 0.6) is 5.75 Å². The summed E-state index contributed by atoms with van der Waals surface area (Å²) in [6.45, 7) is 1.35. The molecule has 0 spiro atoms. The Kier molecular flexibility index (Phi) is 5.96. The summed E-state index contributed by atoms with van der Waals surface area (Å²) < 4.78 is 55.6. The molecule has 3 N–H and O–H groups in total. The molecule has 1 aliphatic carbocycles. The molecule has 14 heteroatoms. The van der Waals surface area contributed by atoms with Crippen molar-refractivity contribution < 1.29 is 36.7 Å². The molecule has 0 unspecified atom stereocenters. The molecule has 3 aromatic rings. The zero-order chi connectivity index (χ0) is 26.5. The van der Waals surface area contributed by atoms with Crippen LogP contribution in [-0.2, 0) is 9.59 Å². The van der Waals surface area contributed by atoms with Gasteiger partial charge in [-0.05, 0) is 43.9 Å². The van der Waals surface area contributed by atoms with Gasteiger partial charge >= 0.3 is 6.36 Å². The molecule has 2 aromatic heterocycles. The highest BCUT2D eigenvalue weighted by Crippen LogP contribution is 2.48. The van der Waals surface area contributed by atoms with Crippen molar-refractivity contribution >= 4 is 34.3 Å². The highest BCUT2D eigenvalue weighted by atomic mass is 19.4. The maximum Gasteiger partial charge on any atom is 0.573 e. The van der Waals surface area contributed by atoms with Crippen LogP contribution in [0.2, 0.25) is 0 Å². The third kappa shape index (κ3) is 4.90. The van der Waals surface area contributed by atoms with Gasteiger partial charge in [0, 0.05) is 17.1 Å². The van der Waals surface area contributed by atoms with Crippen LogP contribution in [-0.4, -0.2) is 62.8 Å². The minimum Gasteiger partial charge on any atom is -0.403 e. The summed E-state index contributed by atoms with van der Waals surface area (Å²) in [4.78, 5) is 44.0. The Morgan fingerprint density at radius 1 is 1.24 bits per heavy atom. The molecule has 194 valence electrons. The second kappa shape index (κ2) is 9.01. The first-order chi connectivity index (χ1) is 17.5. The van der Waals surface area contributed by atoms with Gasteiger partial charge in [0.25, 0.3) is 5.91 Å². The normalized spacial score (nSPS) is 20.5. The fraction of sp³-hybridized carbons (Fsp3) is 0.348. The van der Waals surface area contributed by atoms with Gasteiger partial charge in [0.05, 0.1) is 23.9 Å². The maximum atomic E-state index is 14.5. The minimum absolute atomic E-state index is 0.0749. The van der Waals surface area contributed by atoms with Gasteiger partial charge in [0.2, 0.25) is 11.8 Å². The lowest BCUT2D eigenvalue weighted by Gasteiger charge is -2.27. The Labute approximate surface area is 206 Å². The van der Waals surface area contributed by atoms with Crippen molar-refractivity contribution in [2.24, 2.45) is 5.92 Å². The number of nitrogens with zero attached hydrogens (tertiary/aromatic N) is 3. The number of alkyl halides is 3. The first-order valence-electron chi connectivity index (χ1n) is 11.3. The van der Waals surface area contributed by atoms with Crippen LogP contribution in [0.15, 0.2) is 30.5 Å². The molecule has 3 atom stereocenters. The molecule has 2 fully saturated rings. The van der Waals surface area contributed by atoms with Crippen LogP contribution >= 0.6 is 0 Å². The number of H-pyrrole nitrogens is 1. The molecule has 2 aliphatic rings. The van der Waals surface area contributed by atoms with Crippen LogP contribution in [0, 0.1) is 18.7 Å². The number of aromatic nitrogens is 3. The molecule has 1 saturated carbocycles. The first-order valence-corrected chi connectivity index (χ1v) is 11.3. The number of amides is 3. The number of hydrogen-bond donors (Lipinski definition) is 3. The number of halogens is 4. The number of aromatic amines is 1. The van der Waals surface area contributed by atoms with Gasteiger partial charge in [0.1, 0.15) is 6.04 Å². The summed E-state index contributed by atoms with van der Waals surface area (Å²) in [5.74, 6) is -4.28. The molecule has 10 nitrogen and oxygen atoms in total. The number of piperidine rings is 1. The van der Waals surface area contributed by atoms with E-state index in [1.165, 1.54) is 11.1 Å². The Balaban J connectivity index is 1.25. The lowest BCUT2D eigenvalue weighted by Crippen LogP contribution is -2.49. The third-order valence-corrected chi connectivity index (χ3v) is 6.34. The second-order valence-electron chi connectivity index (χ2n) is 8.90. The standard InChI is InChI=1S/C23H20F4N6O4/c1-10-5-12-14(8-28-10)31-32-20(12)22(36)29-9-18(34)33-15-6-11(15)7-16(33)21(35)30-13-3-2-4-17(19(13)24)37-23(25,26)27/h2-5,8,11,15-16H,6-7,9H2,1H3,(H,29,36)(H,30,35)(H,31,32)/t11-,15-,16+/m1/s1. The number of rotatable bonds is 6. The Hall–Kier alpha value is -4.23. The summed E-state index contributed by atoms with van der Waals surface area (Å²) in [5, 5.41) is 12.0. The lowest BCUT2D eigenvalue weighted by molar-refractivity contribution is -0.275. The van der Waals surface area contributed by atoms with Crippen LogP contribution in [0.4, 0.5) is 23.2 Å². The number of carbonyl (C=O) groups is 3. The fourth-order valence-electron chi connectivity index (χ4n) is 4.60. The third-order valence-electron chi connectivity index (χ3n) is 6.34. The molecular formula is C23H20F4N6O4. The Bertz CT molecular complexity index is 1410. The van der Waals surface area contributed by atoms with Crippen molar-refractivity contribution in [1.29, 1.82) is 0 Å². The van der Waals surface area contributed by atoms with E-state index in [-0.39, 0.29) is 17.7 Å². The van der Waals surface area contributed by atoms with Crippen LogP contribution < -0.4 is 15.4 Å². The predicted molar refractivity (Wildman–Crippen MR) is 120 cm³/mol. The average molecular weight is 520 g/mol. The number of anilines is 1. The lowest BCUT2D eigenvalue weighted by atomic mass is 10.1. The van der Waals surface area contributed by atoms with Crippen molar-refractivity contribution in [2.45, 2.75) is 38.2 Å². The van der Waals surface area contributed by atoms with Gasteiger partial charge in [-0.25, -0.2) is 4.39 Å². The van der Waals surface area contributed by atoms with E-state index in [0.29, 0.717) is 29.4 Å². The van der Waals surface area contributed by atoms with Crippen molar-refractivity contribution in [2.75, 3.05) is 11.9 Å². The number of carbonyl (C=O) groups excluding carboxylic acids is 3. The smallest absolute Gasteiger partial charge is 0.403 e. The van der Waals surface area contributed by atoms with Gasteiger partial charge in [-0.3, -0.25) is 24.5 Å². The molecule has 3 heterocycles. The van der Waals surface area contributed by atoms with Crippen LogP contribution in [0.1, 0.15) is 29.0 Å². The molecule has 0 radical (unpaired) electrons. The van der Waals surface area contributed by atoms with Crippen LogP contribution in [0.3, 0.4) is 0 Å². The number of fused-ring (bicyclic) bond motifs is 2. The second-order valence-corrected chi connectivity index (χ2v) is 8.90. The Morgan fingerprint density at radius 3 is 2.78 bits per heavy atom. The zero-order valence-corrected chi connectivity index (χ0v) is 19.2. The van der Waals surface area contributed by atoms with Gasteiger partial charge in [-0.1, -0.05) is 6.07 Å². The van der Waals surface area contributed by atoms with Gasteiger partial charge in [-0.2, -0.15) is 5.10 Å². The van der Waals surface area contributed by atoms with E-state index in [9.17, 15) is 31.9 Å². The van der Waals surface area contributed by atoms with Crippen LogP contribution in [0.25, 0.3) is 10.9 Å². The van der Waals surface area contributed by atoms with E-state index < -0.39 is 53.9 Å². The number of aryl methyl sites for hydroxylation is 1. The molecule has 1 aliphatic heterocycles. The summed E-state index contributed by atoms with van der Waals surface area (Å²) in [6.07, 6.45) is -2.58. The number of likely N-dealkylation sites (tertiary alicyclic amines) is 1. The number of pyridine rings is 1. The summed E-state index contributed by atoms with van der Waals surface area (Å²) in [7, 11) is 0. The summed E-state index contributed by atoms with van der Waals surface area (Å²) >= 11 is 0. The number of ether oxygens (including phenoxy) is 1. The molecule has 5 rings (SSSR count). The zero-order valence-electron chi connectivity index (χ0n) is 19.2. The van der Waals surface area contributed by atoms with Gasteiger partial charge in [-0.15, -0.1) is 13.2 Å². The molecule has 3 amide bonds. The molecule has 37 heavy (non-hydrogen) atoms. The van der Waals surface area contributed by atoms with E-state index in [1.807, 2.05) is 0 Å². The van der Waals surface area contributed by atoms with Gasteiger partial charge < -0.3 is 20.3 Å². The number of benzene rings is 1. The minimum atomic E-state index is -5.11. The monoisotopic (exact) mass is 520 g/mol. The highest BCUT2D eigenvalue weighted by molar-refractivity contribution is 6.06.